The lowest BCUT2D eigenvalue weighted by Crippen LogP contribution is -2.27. The van der Waals surface area contributed by atoms with Crippen LogP contribution in [0.4, 0.5) is 5.69 Å². The first kappa shape index (κ1) is 13.8. The van der Waals surface area contributed by atoms with Crippen molar-refractivity contribution < 1.29 is 14.6 Å². The lowest BCUT2D eigenvalue weighted by molar-refractivity contribution is -0.00461. The Morgan fingerprint density at radius 3 is 2.33 bits per heavy atom. The van der Waals surface area contributed by atoms with Gasteiger partial charge in [0.2, 0.25) is 0 Å². The van der Waals surface area contributed by atoms with Gasteiger partial charge in [0.25, 0.3) is 0 Å². The molecule has 18 heavy (non-hydrogen) atoms. The molecule has 2 rings (SSSR count). The fourth-order valence-corrected chi connectivity index (χ4v) is 2.76. The monoisotopic (exact) mass is 315 g/mol. The number of rotatable bonds is 4. The predicted octanol–water partition coefficient (Wildman–Crippen LogP) is 1.79. The molecule has 0 bridgehead atoms. The molecule has 2 unspecified atom stereocenters. The summed E-state index contributed by atoms with van der Waals surface area (Å²) in [6.07, 6.45) is 0.206. The van der Waals surface area contributed by atoms with Crippen LogP contribution < -0.4 is 4.90 Å². The Hall–Kier alpha value is -0.620. The van der Waals surface area contributed by atoms with Gasteiger partial charge in [-0.05, 0) is 17.7 Å². The van der Waals surface area contributed by atoms with Gasteiger partial charge in [0, 0.05) is 37.5 Å². The minimum atomic E-state index is 0.0439. The molecule has 0 saturated carbocycles. The molecule has 2 atom stereocenters. The Bertz CT molecular complexity index is 401. The van der Waals surface area contributed by atoms with Crippen molar-refractivity contribution in [3.63, 3.8) is 0 Å². The summed E-state index contributed by atoms with van der Waals surface area (Å²) < 4.78 is 11.8. The minimum absolute atomic E-state index is 0.0439. The van der Waals surface area contributed by atoms with Crippen LogP contribution in [0.15, 0.2) is 22.7 Å². The van der Waals surface area contributed by atoms with Crippen LogP contribution in [0.3, 0.4) is 0 Å². The van der Waals surface area contributed by atoms with Gasteiger partial charge in [0.1, 0.15) is 12.2 Å². The third-order valence-corrected chi connectivity index (χ3v) is 4.13. The summed E-state index contributed by atoms with van der Waals surface area (Å²) in [6.45, 7) is 1.68. The molecule has 1 N–H and O–H groups in total. The molecule has 5 heteroatoms. The van der Waals surface area contributed by atoms with Crippen molar-refractivity contribution in [1.29, 1.82) is 0 Å². The molecule has 1 aliphatic heterocycles. The number of aliphatic hydroxyl groups excluding tert-OH is 1. The van der Waals surface area contributed by atoms with E-state index in [-0.39, 0.29) is 18.8 Å². The van der Waals surface area contributed by atoms with Gasteiger partial charge in [0.05, 0.1) is 6.61 Å². The predicted molar refractivity (Wildman–Crippen MR) is 73.9 cm³/mol. The highest BCUT2D eigenvalue weighted by Gasteiger charge is 2.33. The number of aliphatic hydroxyl groups is 1. The van der Waals surface area contributed by atoms with E-state index in [0.29, 0.717) is 0 Å². The second kappa shape index (κ2) is 6.02. The van der Waals surface area contributed by atoms with Crippen molar-refractivity contribution in [2.24, 2.45) is 0 Å². The van der Waals surface area contributed by atoms with Gasteiger partial charge < -0.3 is 19.5 Å². The highest BCUT2D eigenvalue weighted by Crippen LogP contribution is 2.28. The van der Waals surface area contributed by atoms with Crippen molar-refractivity contribution >= 4 is 21.6 Å². The van der Waals surface area contributed by atoms with Crippen molar-refractivity contribution in [3.05, 3.63) is 28.2 Å². The largest absolute Gasteiger partial charge is 0.392 e. The lowest BCUT2D eigenvalue weighted by Gasteiger charge is -2.19. The number of hydrogen-bond donors (Lipinski definition) is 1. The summed E-state index contributed by atoms with van der Waals surface area (Å²) in [6, 6.07) is 5.97. The molecule has 0 radical (unpaired) electrons. The van der Waals surface area contributed by atoms with Crippen molar-refractivity contribution in [1.82, 2.24) is 0 Å². The second-order valence-corrected chi connectivity index (χ2v) is 5.24. The summed E-state index contributed by atoms with van der Waals surface area (Å²) in [5.74, 6) is 0. The second-order valence-electron chi connectivity index (χ2n) is 4.39. The van der Waals surface area contributed by atoms with E-state index in [9.17, 15) is 0 Å². The van der Waals surface area contributed by atoms with Crippen LogP contribution in [0, 0.1) is 0 Å². The van der Waals surface area contributed by atoms with Crippen molar-refractivity contribution in [3.8, 4) is 0 Å². The van der Waals surface area contributed by atoms with E-state index >= 15 is 0 Å². The quantitative estimate of drug-likeness (QED) is 0.920. The summed E-state index contributed by atoms with van der Waals surface area (Å²) in [4.78, 5) is 2.23. The number of anilines is 1. The third kappa shape index (κ3) is 2.69. The normalized spacial score (nSPS) is 23.7. The van der Waals surface area contributed by atoms with E-state index in [0.717, 1.165) is 28.8 Å². The molecule has 1 aromatic rings. The topological polar surface area (TPSA) is 41.9 Å². The van der Waals surface area contributed by atoms with Gasteiger partial charge in [-0.25, -0.2) is 0 Å². The summed E-state index contributed by atoms with van der Waals surface area (Å²) >= 11 is 3.47. The number of nitrogens with zero attached hydrogens (tertiary/aromatic N) is 1. The number of hydrogen-bond acceptors (Lipinski definition) is 4. The molecule has 1 aliphatic rings. The first-order valence-corrected chi connectivity index (χ1v) is 6.68. The summed E-state index contributed by atoms with van der Waals surface area (Å²) in [5.41, 5.74) is 2.00. The van der Waals surface area contributed by atoms with Crippen LogP contribution in [-0.4, -0.2) is 44.6 Å². The summed E-state index contributed by atoms with van der Waals surface area (Å²) in [5, 5.41) is 9.15. The molecular weight excluding hydrogens is 298 g/mol. The van der Waals surface area contributed by atoms with Crippen molar-refractivity contribution in [2.45, 2.75) is 18.8 Å². The van der Waals surface area contributed by atoms with Crippen LogP contribution in [0.2, 0.25) is 0 Å². The molecule has 100 valence electrons. The first-order chi connectivity index (χ1) is 8.69. The zero-order chi connectivity index (χ0) is 13.1. The highest BCUT2D eigenvalue weighted by molar-refractivity contribution is 9.10. The summed E-state index contributed by atoms with van der Waals surface area (Å²) in [7, 11) is 3.43. The van der Waals surface area contributed by atoms with E-state index in [1.807, 2.05) is 18.2 Å². The number of halogens is 1. The van der Waals surface area contributed by atoms with Gasteiger partial charge in [-0.2, -0.15) is 0 Å². The lowest BCUT2D eigenvalue weighted by atomic mass is 10.2. The Kier molecular flexibility index (Phi) is 4.61. The minimum Gasteiger partial charge on any atom is -0.392 e. The SMILES string of the molecule is COC1CN(c2ccc(CO)c(Br)c2)CC1OC. The smallest absolute Gasteiger partial charge is 0.102 e. The Morgan fingerprint density at radius 1 is 1.28 bits per heavy atom. The van der Waals surface area contributed by atoms with Crippen LogP contribution in [0.1, 0.15) is 5.56 Å². The molecule has 1 aromatic carbocycles. The maximum Gasteiger partial charge on any atom is 0.102 e. The van der Waals surface area contributed by atoms with E-state index in [1.54, 1.807) is 14.2 Å². The molecule has 4 nitrogen and oxygen atoms in total. The fourth-order valence-electron chi connectivity index (χ4n) is 2.27. The molecule has 1 saturated heterocycles. The van der Waals surface area contributed by atoms with E-state index in [4.69, 9.17) is 14.6 Å². The van der Waals surface area contributed by atoms with Gasteiger partial charge in [0.15, 0.2) is 0 Å². The maximum atomic E-state index is 9.15. The van der Waals surface area contributed by atoms with Gasteiger partial charge in [-0.3, -0.25) is 0 Å². The molecule has 0 aliphatic carbocycles. The average molecular weight is 316 g/mol. The van der Waals surface area contributed by atoms with Gasteiger partial charge in [-0.15, -0.1) is 0 Å². The Labute approximate surface area is 116 Å². The molecule has 1 fully saturated rings. The maximum absolute atomic E-state index is 9.15. The molecular formula is C13H18BrNO3. The number of ether oxygens (including phenoxy) is 2. The Morgan fingerprint density at radius 2 is 1.89 bits per heavy atom. The molecule has 0 aromatic heterocycles. The van der Waals surface area contributed by atoms with Gasteiger partial charge >= 0.3 is 0 Å². The zero-order valence-corrected chi connectivity index (χ0v) is 12.2. The first-order valence-electron chi connectivity index (χ1n) is 5.89. The fraction of sp³-hybridized carbons (Fsp3) is 0.538. The molecule has 1 heterocycles. The number of benzene rings is 1. The van der Waals surface area contributed by atoms with Crippen LogP contribution in [0.25, 0.3) is 0 Å². The van der Waals surface area contributed by atoms with E-state index in [2.05, 4.69) is 20.8 Å². The van der Waals surface area contributed by atoms with Gasteiger partial charge in [-0.1, -0.05) is 22.0 Å². The van der Waals surface area contributed by atoms with E-state index < -0.39 is 0 Å². The highest BCUT2D eigenvalue weighted by atomic mass is 79.9. The molecule has 0 amide bonds. The zero-order valence-electron chi connectivity index (χ0n) is 10.6. The third-order valence-electron chi connectivity index (χ3n) is 3.39. The standard InChI is InChI=1S/C13H18BrNO3/c1-17-12-6-15(7-13(12)18-2)10-4-3-9(8-16)11(14)5-10/h3-5,12-13,16H,6-8H2,1-2H3. The number of methoxy groups -OCH3 is 2. The van der Waals surface area contributed by atoms with Crippen LogP contribution in [0.5, 0.6) is 0 Å². The van der Waals surface area contributed by atoms with Crippen molar-refractivity contribution in [2.75, 3.05) is 32.2 Å². The Balaban J connectivity index is 2.15. The van der Waals surface area contributed by atoms with E-state index in [1.165, 1.54) is 0 Å². The van der Waals surface area contributed by atoms with Crippen LogP contribution in [-0.2, 0) is 16.1 Å². The van der Waals surface area contributed by atoms with Crippen LogP contribution >= 0.6 is 15.9 Å². The average Bonchev–Trinajstić information content (AvgIpc) is 2.81. The molecule has 0 spiro atoms.